The van der Waals surface area contributed by atoms with Gasteiger partial charge in [0.15, 0.2) is 16.4 Å². The summed E-state index contributed by atoms with van der Waals surface area (Å²) in [4.78, 5) is 23.2. The number of nitrogens with one attached hydrogen (secondary N) is 1. The standard InChI is InChI=1S/C15H18ClNO5S2/c16-12-3-1-11(2-4-12)7-17-14(18)8-22-15(19)9-23-13-5-6-24(20,21)10-13/h1-4,13H,5-10H2,(H,17,18)/t13-/m0/s1. The molecule has 9 heteroatoms. The molecule has 0 unspecified atom stereocenters. The van der Waals surface area contributed by atoms with Crippen LogP contribution in [0, 0.1) is 0 Å². The number of hydrogen-bond acceptors (Lipinski definition) is 6. The van der Waals surface area contributed by atoms with E-state index in [4.69, 9.17) is 16.3 Å². The van der Waals surface area contributed by atoms with Crippen molar-refractivity contribution in [3.05, 3.63) is 34.9 Å². The van der Waals surface area contributed by atoms with Crippen molar-refractivity contribution in [3.8, 4) is 0 Å². The number of sulfone groups is 1. The largest absolute Gasteiger partial charge is 0.455 e. The zero-order chi connectivity index (χ0) is 17.6. The van der Waals surface area contributed by atoms with Crippen molar-refractivity contribution in [2.75, 3.05) is 23.9 Å². The summed E-state index contributed by atoms with van der Waals surface area (Å²) in [6.45, 7) is -0.0296. The smallest absolute Gasteiger partial charge is 0.316 e. The Bertz CT molecular complexity index is 690. The number of amides is 1. The first kappa shape index (κ1) is 19.1. The Morgan fingerprint density at radius 2 is 2.00 bits per heavy atom. The molecule has 2 rings (SSSR count). The fraction of sp³-hybridized carbons (Fsp3) is 0.467. The summed E-state index contributed by atoms with van der Waals surface area (Å²) in [5.41, 5.74) is 0.886. The molecule has 1 aliphatic heterocycles. The quantitative estimate of drug-likeness (QED) is 0.707. The van der Waals surface area contributed by atoms with Gasteiger partial charge in [0, 0.05) is 16.8 Å². The van der Waals surface area contributed by atoms with Crippen LogP contribution in [0.3, 0.4) is 0 Å². The van der Waals surface area contributed by atoms with E-state index in [9.17, 15) is 18.0 Å². The van der Waals surface area contributed by atoms with Gasteiger partial charge in [0.05, 0.1) is 17.3 Å². The predicted octanol–water partition coefficient (Wildman–Crippen LogP) is 1.42. The van der Waals surface area contributed by atoms with Gasteiger partial charge in [-0.15, -0.1) is 11.8 Å². The average molecular weight is 392 g/mol. The van der Waals surface area contributed by atoms with Crippen molar-refractivity contribution in [1.29, 1.82) is 0 Å². The molecule has 1 aliphatic rings. The fourth-order valence-electron chi connectivity index (χ4n) is 2.12. The molecule has 1 heterocycles. The van der Waals surface area contributed by atoms with Gasteiger partial charge in [0.25, 0.3) is 5.91 Å². The van der Waals surface area contributed by atoms with Gasteiger partial charge in [0.2, 0.25) is 0 Å². The number of esters is 1. The van der Waals surface area contributed by atoms with Crippen molar-refractivity contribution in [1.82, 2.24) is 5.32 Å². The molecule has 0 aromatic heterocycles. The lowest BCUT2D eigenvalue weighted by molar-refractivity contribution is -0.145. The molecule has 0 bridgehead atoms. The van der Waals surface area contributed by atoms with E-state index in [1.54, 1.807) is 24.3 Å². The molecule has 0 aliphatic carbocycles. The van der Waals surface area contributed by atoms with Gasteiger partial charge < -0.3 is 10.1 Å². The zero-order valence-corrected chi connectivity index (χ0v) is 15.3. The molecule has 1 atom stereocenters. The minimum atomic E-state index is -2.95. The van der Waals surface area contributed by atoms with Crippen LogP contribution in [-0.2, 0) is 30.7 Å². The first-order valence-corrected chi connectivity index (χ1v) is 10.6. The van der Waals surface area contributed by atoms with Crippen LogP contribution in [0.15, 0.2) is 24.3 Å². The van der Waals surface area contributed by atoms with Crippen molar-refractivity contribution >= 4 is 45.1 Å². The maximum atomic E-state index is 11.6. The van der Waals surface area contributed by atoms with Gasteiger partial charge in [-0.2, -0.15) is 0 Å². The van der Waals surface area contributed by atoms with Crippen LogP contribution in [0.25, 0.3) is 0 Å². The third kappa shape index (κ3) is 6.70. The Hall–Kier alpha value is -1.25. The maximum absolute atomic E-state index is 11.6. The Morgan fingerprint density at radius 1 is 1.29 bits per heavy atom. The molecule has 1 N–H and O–H groups in total. The van der Waals surface area contributed by atoms with Crippen LogP contribution >= 0.6 is 23.4 Å². The van der Waals surface area contributed by atoms with E-state index in [-0.39, 0.29) is 29.1 Å². The topological polar surface area (TPSA) is 89.5 Å². The molecule has 0 radical (unpaired) electrons. The third-order valence-electron chi connectivity index (χ3n) is 3.39. The minimum absolute atomic E-state index is 0.0463. The number of carbonyl (C=O) groups is 2. The summed E-state index contributed by atoms with van der Waals surface area (Å²) < 4.78 is 27.5. The van der Waals surface area contributed by atoms with Gasteiger partial charge in [-0.3, -0.25) is 9.59 Å². The number of thioether (sulfide) groups is 1. The Balaban J connectivity index is 1.61. The van der Waals surface area contributed by atoms with E-state index in [2.05, 4.69) is 5.32 Å². The molecule has 24 heavy (non-hydrogen) atoms. The fourth-order valence-corrected chi connectivity index (χ4v) is 5.69. The van der Waals surface area contributed by atoms with E-state index in [1.807, 2.05) is 0 Å². The highest BCUT2D eigenvalue weighted by Crippen LogP contribution is 2.24. The van der Waals surface area contributed by atoms with Crippen LogP contribution in [0.5, 0.6) is 0 Å². The Morgan fingerprint density at radius 3 is 2.62 bits per heavy atom. The monoisotopic (exact) mass is 391 g/mol. The summed E-state index contributed by atoms with van der Waals surface area (Å²) in [7, 11) is -2.95. The number of carbonyl (C=O) groups excluding carboxylic acids is 2. The molecule has 1 aromatic carbocycles. The normalized spacial score (nSPS) is 19.0. The summed E-state index contributed by atoms with van der Waals surface area (Å²) >= 11 is 7.03. The minimum Gasteiger partial charge on any atom is -0.455 e. The highest BCUT2D eigenvalue weighted by molar-refractivity contribution is 8.02. The molecular weight excluding hydrogens is 374 g/mol. The van der Waals surface area contributed by atoms with Gasteiger partial charge in [-0.1, -0.05) is 23.7 Å². The lowest BCUT2D eigenvalue weighted by Crippen LogP contribution is -2.28. The molecule has 1 amide bonds. The lowest BCUT2D eigenvalue weighted by atomic mass is 10.2. The average Bonchev–Trinajstić information content (AvgIpc) is 2.89. The van der Waals surface area contributed by atoms with Crippen LogP contribution in [0.4, 0.5) is 0 Å². The second-order valence-corrected chi connectivity index (χ2v) is 9.35. The van der Waals surface area contributed by atoms with Crippen LogP contribution in [-0.4, -0.2) is 49.4 Å². The molecule has 1 aromatic rings. The van der Waals surface area contributed by atoms with E-state index < -0.39 is 21.7 Å². The first-order valence-electron chi connectivity index (χ1n) is 7.33. The predicted molar refractivity (Wildman–Crippen MR) is 93.8 cm³/mol. The molecule has 0 saturated carbocycles. The number of halogens is 1. The lowest BCUT2D eigenvalue weighted by Gasteiger charge is -2.08. The third-order valence-corrected chi connectivity index (χ3v) is 6.90. The molecule has 1 fully saturated rings. The van der Waals surface area contributed by atoms with Crippen molar-refractivity contribution in [2.45, 2.75) is 18.2 Å². The van der Waals surface area contributed by atoms with Gasteiger partial charge in [-0.25, -0.2) is 8.42 Å². The van der Waals surface area contributed by atoms with Gasteiger partial charge in [0.1, 0.15) is 0 Å². The Labute approximate surface area is 150 Å². The van der Waals surface area contributed by atoms with Crippen LogP contribution in [0.1, 0.15) is 12.0 Å². The first-order chi connectivity index (χ1) is 11.3. The zero-order valence-electron chi connectivity index (χ0n) is 12.9. The van der Waals surface area contributed by atoms with Gasteiger partial charge >= 0.3 is 5.97 Å². The number of ether oxygens (including phenoxy) is 1. The SMILES string of the molecule is O=C(COC(=O)CS[C@H]1CCS(=O)(=O)C1)NCc1ccc(Cl)cc1. The molecular formula is C15H18ClNO5S2. The maximum Gasteiger partial charge on any atom is 0.316 e. The van der Waals surface area contributed by atoms with E-state index >= 15 is 0 Å². The van der Waals surface area contributed by atoms with E-state index in [1.165, 1.54) is 11.8 Å². The summed E-state index contributed by atoms with van der Waals surface area (Å²) in [5, 5.41) is 3.19. The van der Waals surface area contributed by atoms with Crippen molar-refractivity contribution in [3.63, 3.8) is 0 Å². The number of rotatable bonds is 7. The van der Waals surface area contributed by atoms with Crippen molar-refractivity contribution in [2.24, 2.45) is 0 Å². The summed E-state index contributed by atoms with van der Waals surface area (Å²) in [6.07, 6.45) is 0.557. The second kappa shape index (κ2) is 8.73. The molecule has 6 nitrogen and oxygen atoms in total. The van der Waals surface area contributed by atoms with Crippen LogP contribution < -0.4 is 5.32 Å². The number of benzene rings is 1. The molecule has 0 spiro atoms. The summed E-state index contributed by atoms with van der Waals surface area (Å²) in [6, 6.07) is 7.04. The second-order valence-electron chi connectivity index (χ2n) is 5.40. The summed E-state index contributed by atoms with van der Waals surface area (Å²) in [5.74, 6) is -0.595. The van der Waals surface area contributed by atoms with Gasteiger partial charge in [-0.05, 0) is 24.1 Å². The number of hydrogen-bond donors (Lipinski definition) is 1. The molecule has 1 saturated heterocycles. The highest BCUT2D eigenvalue weighted by Gasteiger charge is 2.28. The van der Waals surface area contributed by atoms with E-state index in [0.29, 0.717) is 18.0 Å². The van der Waals surface area contributed by atoms with Crippen molar-refractivity contribution < 1.29 is 22.7 Å². The Kier molecular flexibility index (Phi) is 6.94. The highest BCUT2D eigenvalue weighted by atomic mass is 35.5. The molecule has 132 valence electrons. The van der Waals surface area contributed by atoms with Crippen LogP contribution in [0.2, 0.25) is 5.02 Å². The van der Waals surface area contributed by atoms with E-state index in [0.717, 1.165) is 5.56 Å².